The number of nitrogens with zero attached hydrogens (tertiary/aromatic N) is 3. The van der Waals surface area contributed by atoms with E-state index in [1.54, 1.807) is 37.7 Å². The Hall–Kier alpha value is -4.33. The van der Waals surface area contributed by atoms with Gasteiger partial charge >= 0.3 is 0 Å². The molecule has 42 heavy (non-hydrogen) atoms. The van der Waals surface area contributed by atoms with Gasteiger partial charge in [0.05, 0.1) is 28.1 Å². The molecular weight excluding hydrogens is 552 g/mol. The molecular formula is C33H33ClN4O4. The number of likely N-dealkylation sites (N-methyl/N-ethyl adjacent to an activating group) is 1. The van der Waals surface area contributed by atoms with Crippen molar-refractivity contribution in [3.63, 3.8) is 0 Å². The summed E-state index contributed by atoms with van der Waals surface area (Å²) in [6.07, 6.45) is 8.81. The van der Waals surface area contributed by atoms with E-state index in [4.69, 9.17) is 31.2 Å². The van der Waals surface area contributed by atoms with Crippen molar-refractivity contribution in [2.75, 3.05) is 41.0 Å². The molecule has 2 aromatic carbocycles. The number of allylic oxidation sites excluding steroid dienone is 1. The molecule has 216 valence electrons. The lowest BCUT2D eigenvalue weighted by molar-refractivity contribution is -0.114. The number of carbonyl (C=O) groups excluding carboxylic acids is 1. The predicted molar refractivity (Wildman–Crippen MR) is 165 cm³/mol. The van der Waals surface area contributed by atoms with Gasteiger partial charge in [0.2, 0.25) is 0 Å². The number of hydrogen-bond acceptors (Lipinski definition) is 8. The van der Waals surface area contributed by atoms with Crippen LogP contribution in [-0.4, -0.2) is 67.5 Å². The molecule has 0 amide bonds. The zero-order chi connectivity index (χ0) is 29.9. The molecule has 2 heterocycles. The third-order valence-electron chi connectivity index (χ3n) is 6.28. The van der Waals surface area contributed by atoms with Crippen LogP contribution in [0.4, 0.5) is 0 Å². The van der Waals surface area contributed by atoms with Crippen molar-refractivity contribution in [3.8, 4) is 11.5 Å². The Morgan fingerprint density at radius 2 is 1.93 bits per heavy atom. The molecule has 2 aromatic heterocycles. The fraction of sp³-hybridized carbons (Fsp3) is 0.242. The van der Waals surface area contributed by atoms with Gasteiger partial charge in [-0.3, -0.25) is 20.2 Å². The molecule has 0 bridgehead atoms. The van der Waals surface area contributed by atoms with E-state index in [1.165, 1.54) is 0 Å². The Balaban J connectivity index is 1.73. The van der Waals surface area contributed by atoms with E-state index < -0.39 is 0 Å². The zero-order valence-electron chi connectivity index (χ0n) is 23.9. The van der Waals surface area contributed by atoms with E-state index in [1.807, 2.05) is 67.5 Å². The van der Waals surface area contributed by atoms with Crippen LogP contribution in [0.2, 0.25) is 5.02 Å². The quantitative estimate of drug-likeness (QED) is 0.145. The van der Waals surface area contributed by atoms with Gasteiger partial charge in [-0.15, -0.1) is 0 Å². The van der Waals surface area contributed by atoms with Crippen molar-refractivity contribution in [2.45, 2.75) is 13.0 Å². The highest BCUT2D eigenvalue weighted by molar-refractivity contribution is 6.32. The first-order valence-corrected chi connectivity index (χ1v) is 13.8. The third-order valence-corrected chi connectivity index (χ3v) is 6.57. The fourth-order valence-corrected chi connectivity index (χ4v) is 4.46. The van der Waals surface area contributed by atoms with Gasteiger partial charge in [0.1, 0.15) is 24.7 Å². The first-order valence-electron chi connectivity index (χ1n) is 13.4. The molecule has 4 aromatic rings. The second-order valence-electron chi connectivity index (χ2n) is 9.78. The summed E-state index contributed by atoms with van der Waals surface area (Å²) in [4.78, 5) is 23.6. The average molecular weight is 585 g/mol. The second kappa shape index (κ2) is 15.1. The zero-order valence-corrected chi connectivity index (χ0v) is 24.6. The lowest BCUT2D eigenvalue weighted by Crippen LogP contribution is -2.28. The van der Waals surface area contributed by atoms with E-state index in [9.17, 15) is 4.79 Å². The number of halogens is 1. The van der Waals surface area contributed by atoms with E-state index in [0.29, 0.717) is 59.2 Å². The smallest absolute Gasteiger partial charge is 0.159 e. The third kappa shape index (κ3) is 8.35. The summed E-state index contributed by atoms with van der Waals surface area (Å²) in [5.74, 6) is 3.55. The van der Waals surface area contributed by atoms with Crippen LogP contribution in [0, 0.1) is 5.41 Å². The molecule has 9 heteroatoms. The van der Waals surface area contributed by atoms with Crippen molar-refractivity contribution in [2.24, 2.45) is 0 Å². The SMILES string of the molecule is COCCOc1cc2ncc(=C=N)c(=Cc3ccc(OCc4ccccn4)c(Cl)c3)c2cc1CC(=O)/C=C/CN(C)C. The van der Waals surface area contributed by atoms with Crippen LogP contribution in [0.25, 0.3) is 17.0 Å². The molecule has 1 N–H and O–H groups in total. The molecule has 4 rings (SSSR count). The molecule has 0 fully saturated rings. The van der Waals surface area contributed by atoms with Gasteiger partial charge in [0.25, 0.3) is 0 Å². The lowest BCUT2D eigenvalue weighted by Gasteiger charge is -2.13. The number of benzene rings is 2. The normalized spacial score (nSPS) is 11.8. The number of aromatic nitrogens is 2. The number of rotatable bonds is 13. The first-order chi connectivity index (χ1) is 20.4. The summed E-state index contributed by atoms with van der Waals surface area (Å²) in [6.45, 7) is 1.70. The number of methoxy groups -OCH3 is 1. The van der Waals surface area contributed by atoms with E-state index in [2.05, 4.69) is 15.8 Å². The van der Waals surface area contributed by atoms with Crippen LogP contribution in [0.1, 0.15) is 16.8 Å². The maximum Gasteiger partial charge on any atom is 0.159 e. The fourth-order valence-electron chi connectivity index (χ4n) is 4.22. The van der Waals surface area contributed by atoms with Gasteiger partial charge in [-0.1, -0.05) is 29.8 Å². The number of fused-ring (bicyclic) bond motifs is 1. The topological polar surface area (TPSA) is 97.6 Å². The van der Waals surface area contributed by atoms with Crippen molar-refractivity contribution >= 4 is 40.2 Å². The molecule has 0 atom stereocenters. The Morgan fingerprint density at radius 1 is 1.07 bits per heavy atom. The first kappa shape index (κ1) is 30.6. The van der Waals surface area contributed by atoms with Crippen molar-refractivity contribution in [1.82, 2.24) is 14.9 Å². The summed E-state index contributed by atoms with van der Waals surface area (Å²) in [6, 6.07) is 14.9. The van der Waals surface area contributed by atoms with E-state index >= 15 is 0 Å². The molecule has 0 aliphatic rings. The Kier molecular flexibility index (Phi) is 11.0. The summed E-state index contributed by atoms with van der Waals surface area (Å²) in [5.41, 5.74) is 2.98. The van der Waals surface area contributed by atoms with Crippen LogP contribution in [0.3, 0.4) is 0 Å². The molecule has 0 spiro atoms. The second-order valence-corrected chi connectivity index (χ2v) is 10.2. The van der Waals surface area contributed by atoms with Crippen LogP contribution < -0.4 is 19.9 Å². The molecule has 0 radical (unpaired) electrons. The molecule has 0 saturated carbocycles. The number of nitrogens with one attached hydrogen (secondary N) is 1. The van der Waals surface area contributed by atoms with Crippen molar-refractivity contribution in [3.05, 3.63) is 105 Å². The highest BCUT2D eigenvalue weighted by Gasteiger charge is 2.13. The number of ether oxygens (including phenoxy) is 3. The minimum Gasteiger partial charge on any atom is -0.491 e. The van der Waals surface area contributed by atoms with Crippen LogP contribution in [0.5, 0.6) is 11.5 Å². The Labute approximate surface area is 250 Å². The number of carbonyl (C=O) groups is 1. The largest absolute Gasteiger partial charge is 0.491 e. The monoisotopic (exact) mass is 584 g/mol. The van der Waals surface area contributed by atoms with Crippen LogP contribution in [-0.2, 0) is 22.6 Å². The molecule has 0 unspecified atom stereocenters. The van der Waals surface area contributed by atoms with Gasteiger partial charge < -0.3 is 19.1 Å². The minimum atomic E-state index is -0.0471. The summed E-state index contributed by atoms with van der Waals surface area (Å²) in [5, 5.41) is 10.3. The maximum absolute atomic E-state index is 12.8. The number of ketones is 1. The lowest BCUT2D eigenvalue weighted by atomic mass is 10.0. The average Bonchev–Trinajstić information content (AvgIpc) is 2.97. The van der Waals surface area contributed by atoms with Crippen molar-refractivity contribution < 1.29 is 19.0 Å². The highest BCUT2D eigenvalue weighted by Crippen LogP contribution is 2.27. The van der Waals surface area contributed by atoms with Crippen molar-refractivity contribution in [1.29, 1.82) is 5.41 Å². The maximum atomic E-state index is 12.8. The summed E-state index contributed by atoms with van der Waals surface area (Å²) < 4.78 is 17.0. The van der Waals surface area contributed by atoms with E-state index in [0.717, 1.165) is 21.9 Å². The summed E-state index contributed by atoms with van der Waals surface area (Å²) in [7, 11) is 5.49. The molecule has 0 aliphatic heterocycles. The van der Waals surface area contributed by atoms with E-state index in [-0.39, 0.29) is 12.2 Å². The molecule has 0 aliphatic carbocycles. The highest BCUT2D eigenvalue weighted by atomic mass is 35.5. The van der Waals surface area contributed by atoms with Gasteiger partial charge in [-0.25, -0.2) is 0 Å². The van der Waals surface area contributed by atoms with Gasteiger partial charge in [-0.2, -0.15) is 0 Å². The van der Waals surface area contributed by atoms with Gasteiger partial charge in [0.15, 0.2) is 5.78 Å². The Morgan fingerprint density at radius 3 is 2.64 bits per heavy atom. The van der Waals surface area contributed by atoms with Crippen LogP contribution >= 0.6 is 11.6 Å². The molecule has 8 nitrogen and oxygen atoms in total. The standard InChI is InChI=1S/C33H33ClN4O4/c1-38(2)12-6-8-27(39)17-24-18-29-28(25(20-35)21-37-31(29)19-33(24)41-14-13-40-3)15-23-9-10-32(30(34)16-23)42-22-26-7-4-5-11-36-26/h4-11,15-16,18-19,21,35H,12-14,17,22H2,1-3H3/b8-6+,28-15?. The number of hydrogen-bond donors (Lipinski definition) is 1. The predicted octanol–water partition coefficient (Wildman–Crippen LogP) is 3.87. The minimum absolute atomic E-state index is 0.0471. The number of pyridine rings is 2. The Bertz CT molecular complexity index is 1720. The van der Waals surface area contributed by atoms with Crippen LogP contribution in [0.15, 0.2) is 73.1 Å². The molecule has 0 saturated heterocycles. The summed E-state index contributed by atoms with van der Waals surface area (Å²) >= 11 is 6.57. The van der Waals surface area contributed by atoms with Gasteiger partial charge in [-0.05, 0) is 68.0 Å². The van der Waals surface area contributed by atoms with Gasteiger partial charge in [0, 0.05) is 54.7 Å².